The molecule has 2 aromatic carbocycles. The molecule has 1 amide bonds. The van der Waals surface area contributed by atoms with Crippen LogP contribution >= 0.6 is 11.8 Å². The van der Waals surface area contributed by atoms with Crippen LogP contribution in [0.25, 0.3) is 0 Å². The first-order valence-electron chi connectivity index (χ1n) is 7.96. The number of carbonyl (C=O) groups excluding carboxylic acids is 1. The molecule has 122 valence electrons. The Balaban J connectivity index is 1.86. The van der Waals surface area contributed by atoms with Gasteiger partial charge in [0.2, 0.25) is 5.91 Å². The van der Waals surface area contributed by atoms with Crippen LogP contribution in [-0.2, 0) is 10.5 Å². The Bertz CT molecular complexity index is 667. The Labute approximate surface area is 143 Å². The number of rotatable bonds is 6. The number of thioether (sulfide) groups is 1. The Kier molecular flexibility index (Phi) is 6.28. The molecule has 2 aromatic rings. The zero-order chi connectivity index (χ0) is 16.8. The van der Waals surface area contributed by atoms with E-state index in [0.29, 0.717) is 5.75 Å². The summed E-state index contributed by atoms with van der Waals surface area (Å²) in [6.45, 7) is 8.39. The predicted molar refractivity (Wildman–Crippen MR) is 99.8 cm³/mol. The van der Waals surface area contributed by atoms with Crippen molar-refractivity contribution >= 4 is 17.7 Å². The zero-order valence-electron chi connectivity index (χ0n) is 14.3. The van der Waals surface area contributed by atoms with Crippen LogP contribution in [-0.4, -0.2) is 11.7 Å². The summed E-state index contributed by atoms with van der Waals surface area (Å²) in [5.74, 6) is 1.45. The lowest BCUT2D eigenvalue weighted by atomic mass is 9.96. The molecule has 0 saturated carbocycles. The van der Waals surface area contributed by atoms with Crippen LogP contribution in [0.3, 0.4) is 0 Å². The molecular weight excluding hydrogens is 302 g/mol. The number of carbonyl (C=O) groups is 1. The molecule has 0 bridgehead atoms. The molecule has 0 radical (unpaired) electrons. The van der Waals surface area contributed by atoms with E-state index in [1.54, 1.807) is 11.8 Å². The van der Waals surface area contributed by atoms with Crippen molar-refractivity contribution in [3.05, 3.63) is 70.3 Å². The molecule has 2 rings (SSSR count). The molecule has 0 heterocycles. The van der Waals surface area contributed by atoms with E-state index in [4.69, 9.17) is 0 Å². The van der Waals surface area contributed by atoms with Crippen LogP contribution in [0.15, 0.2) is 42.5 Å². The first-order valence-corrected chi connectivity index (χ1v) is 9.11. The normalized spacial score (nSPS) is 12.0. The van der Waals surface area contributed by atoms with E-state index in [0.717, 1.165) is 5.75 Å². The minimum atomic E-state index is 0.0409. The van der Waals surface area contributed by atoms with Gasteiger partial charge < -0.3 is 5.32 Å². The first kappa shape index (κ1) is 17.6. The van der Waals surface area contributed by atoms with Crippen molar-refractivity contribution in [1.29, 1.82) is 0 Å². The summed E-state index contributed by atoms with van der Waals surface area (Å²) in [6, 6.07) is 14.7. The van der Waals surface area contributed by atoms with E-state index in [2.05, 4.69) is 57.3 Å². The molecular formula is C20H25NOS. The number of amides is 1. The van der Waals surface area contributed by atoms with Crippen molar-refractivity contribution in [1.82, 2.24) is 5.32 Å². The van der Waals surface area contributed by atoms with Crippen molar-refractivity contribution in [2.45, 2.75) is 39.5 Å². The Morgan fingerprint density at radius 1 is 1.04 bits per heavy atom. The average Bonchev–Trinajstić information content (AvgIpc) is 2.51. The lowest BCUT2D eigenvalue weighted by molar-refractivity contribution is -0.119. The Morgan fingerprint density at radius 2 is 1.70 bits per heavy atom. The maximum absolute atomic E-state index is 12.1. The van der Waals surface area contributed by atoms with Gasteiger partial charge in [-0.05, 0) is 55.5 Å². The number of nitrogens with one attached hydrogen (secondary N) is 1. The molecule has 0 aromatic heterocycles. The van der Waals surface area contributed by atoms with E-state index < -0.39 is 0 Å². The van der Waals surface area contributed by atoms with Gasteiger partial charge in [-0.15, -0.1) is 11.8 Å². The van der Waals surface area contributed by atoms with Gasteiger partial charge in [0.25, 0.3) is 0 Å². The highest BCUT2D eigenvalue weighted by Gasteiger charge is 2.13. The lowest BCUT2D eigenvalue weighted by Crippen LogP contribution is -2.28. The van der Waals surface area contributed by atoms with Crippen molar-refractivity contribution in [2.75, 3.05) is 5.75 Å². The van der Waals surface area contributed by atoms with Crippen LogP contribution in [0.2, 0.25) is 0 Å². The fourth-order valence-corrected chi connectivity index (χ4v) is 3.45. The second-order valence-corrected chi connectivity index (χ2v) is 7.05. The number of aryl methyl sites for hydroxylation is 3. The third-order valence-corrected chi connectivity index (χ3v) is 5.07. The van der Waals surface area contributed by atoms with Gasteiger partial charge >= 0.3 is 0 Å². The van der Waals surface area contributed by atoms with E-state index in [1.165, 1.54) is 27.8 Å². The smallest absolute Gasteiger partial charge is 0.230 e. The van der Waals surface area contributed by atoms with Crippen molar-refractivity contribution < 1.29 is 4.79 Å². The summed E-state index contributed by atoms with van der Waals surface area (Å²) in [7, 11) is 0. The van der Waals surface area contributed by atoms with Crippen LogP contribution in [0.4, 0.5) is 0 Å². The molecule has 2 nitrogen and oxygen atoms in total. The summed E-state index contributed by atoms with van der Waals surface area (Å²) in [4.78, 5) is 12.1. The van der Waals surface area contributed by atoms with Gasteiger partial charge in [-0.1, -0.05) is 42.5 Å². The lowest BCUT2D eigenvalue weighted by Gasteiger charge is -2.18. The maximum Gasteiger partial charge on any atom is 0.230 e. The molecule has 0 aliphatic rings. The second-order valence-electron chi connectivity index (χ2n) is 6.06. The topological polar surface area (TPSA) is 29.1 Å². The average molecular weight is 327 g/mol. The van der Waals surface area contributed by atoms with Gasteiger partial charge in [0.05, 0.1) is 11.8 Å². The third kappa shape index (κ3) is 5.14. The van der Waals surface area contributed by atoms with Crippen molar-refractivity contribution in [3.8, 4) is 0 Å². The van der Waals surface area contributed by atoms with Crippen LogP contribution in [0.1, 0.15) is 40.8 Å². The molecule has 23 heavy (non-hydrogen) atoms. The molecule has 0 aliphatic carbocycles. The first-order chi connectivity index (χ1) is 11.0. The summed E-state index contributed by atoms with van der Waals surface area (Å²) in [5.41, 5.74) is 6.25. The van der Waals surface area contributed by atoms with Gasteiger partial charge in [-0.3, -0.25) is 4.79 Å². The van der Waals surface area contributed by atoms with Crippen molar-refractivity contribution in [2.24, 2.45) is 0 Å². The number of benzene rings is 2. The third-order valence-electron chi connectivity index (χ3n) is 4.07. The number of hydrogen-bond acceptors (Lipinski definition) is 2. The van der Waals surface area contributed by atoms with Crippen LogP contribution in [0.5, 0.6) is 0 Å². The van der Waals surface area contributed by atoms with E-state index in [1.807, 2.05) is 18.2 Å². The summed E-state index contributed by atoms with van der Waals surface area (Å²) in [5, 5.41) is 3.11. The minimum Gasteiger partial charge on any atom is -0.349 e. The molecule has 3 heteroatoms. The maximum atomic E-state index is 12.1. The van der Waals surface area contributed by atoms with Gasteiger partial charge in [0, 0.05) is 5.75 Å². The van der Waals surface area contributed by atoms with E-state index in [9.17, 15) is 4.79 Å². The zero-order valence-corrected chi connectivity index (χ0v) is 15.2. The molecule has 0 aliphatic heterocycles. The van der Waals surface area contributed by atoms with Gasteiger partial charge in [0.15, 0.2) is 0 Å². The largest absolute Gasteiger partial charge is 0.349 e. The highest BCUT2D eigenvalue weighted by atomic mass is 32.2. The highest BCUT2D eigenvalue weighted by Crippen LogP contribution is 2.22. The standard InChI is InChI=1S/C20H25NOS/c1-14-10-16(3)19(11-15(14)2)17(4)21-20(22)13-23-12-18-8-6-5-7-9-18/h5-11,17H,12-13H2,1-4H3,(H,21,22). The SMILES string of the molecule is Cc1cc(C)c(C(C)NC(=O)CSCc2ccccc2)cc1C. The predicted octanol–water partition coefficient (Wildman–Crippen LogP) is 4.72. The fourth-order valence-electron chi connectivity index (χ4n) is 2.65. The Hall–Kier alpha value is -1.74. The highest BCUT2D eigenvalue weighted by molar-refractivity contribution is 7.99. The van der Waals surface area contributed by atoms with Crippen LogP contribution < -0.4 is 5.32 Å². The summed E-state index contributed by atoms with van der Waals surface area (Å²) in [6.07, 6.45) is 0. The Morgan fingerprint density at radius 3 is 2.39 bits per heavy atom. The second kappa shape index (κ2) is 8.21. The van der Waals surface area contributed by atoms with Crippen molar-refractivity contribution in [3.63, 3.8) is 0 Å². The number of hydrogen-bond donors (Lipinski definition) is 1. The quantitative estimate of drug-likeness (QED) is 0.831. The minimum absolute atomic E-state index is 0.0409. The van der Waals surface area contributed by atoms with E-state index >= 15 is 0 Å². The fraction of sp³-hybridized carbons (Fsp3) is 0.350. The molecule has 1 unspecified atom stereocenters. The van der Waals surface area contributed by atoms with Gasteiger partial charge in [-0.25, -0.2) is 0 Å². The van der Waals surface area contributed by atoms with Crippen LogP contribution in [0, 0.1) is 20.8 Å². The summed E-state index contributed by atoms with van der Waals surface area (Å²) >= 11 is 1.65. The molecule has 1 N–H and O–H groups in total. The summed E-state index contributed by atoms with van der Waals surface area (Å²) < 4.78 is 0. The molecule has 0 spiro atoms. The molecule has 1 atom stereocenters. The van der Waals surface area contributed by atoms with E-state index in [-0.39, 0.29) is 11.9 Å². The molecule has 0 fully saturated rings. The van der Waals surface area contributed by atoms with Gasteiger partial charge in [0.1, 0.15) is 0 Å². The van der Waals surface area contributed by atoms with Gasteiger partial charge in [-0.2, -0.15) is 0 Å². The monoisotopic (exact) mass is 327 g/mol. The molecule has 0 saturated heterocycles.